The average molecular weight is 201 g/mol. The molecule has 1 rings (SSSR count). The standard InChI is InChI=1S/C11H23NO2/c1-9(5-6-14-4)11(13)7-10(2)12(3)8-11/h9-10,13H,5-8H2,1-4H3. The van der Waals surface area contributed by atoms with Gasteiger partial charge < -0.3 is 14.7 Å². The SMILES string of the molecule is COCCC(C)C1(O)CC(C)N(C)C1. The summed E-state index contributed by atoms with van der Waals surface area (Å²) in [5, 5.41) is 10.4. The largest absolute Gasteiger partial charge is 0.388 e. The first-order valence-electron chi connectivity index (χ1n) is 5.41. The van der Waals surface area contributed by atoms with Gasteiger partial charge in [0.2, 0.25) is 0 Å². The lowest BCUT2D eigenvalue weighted by Gasteiger charge is -2.29. The van der Waals surface area contributed by atoms with E-state index in [0.717, 1.165) is 26.0 Å². The summed E-state index contributed by atoms with van der Waals surface area (Å²) in [6.07, 6.45) is 1.82. The number of rotatable bonds is 4. The molecule has 3 nitrogen and oxygen atoms in total. The van der Waals surface area contributed by atoms with E-state index in [1.807, 2.05) is 0 Å². The van der Waals surface area contributed by atoms with Crippen LogP contribution < -0.4 is 0 Å². The molecule has 0 aromatic heterocycles. The molecule has 0 spiro atoms. The summed E-state index contributed by atoms with van der Waals surface area (Å²) in [7, 11) is 3.78. The van der Waals surface area contributed by atoms with Crippen LogP contribution in [-0.2, 0) is 4.74 Å². The molecule has 14 heavy (non-hydrogen) atoms. The maximum atomic E-state index is 10.4. The van der Waals surface area contributed by atoms with Gasteiger partial charge in [0.25, 0.3) is 0 Å². The summed E-state index contributed by atoms with van der Waals surface area (Å²) in [5.74, 6) is 0.315. The lowest BCUT2D eigenvalue weighted by molar-refractivity contribution is -0.0120. The summed E-state index contributed by atoms with van der Waals surface area (Å²) in [6, 6.07) is 0.491. The quantitative estimate of drug-likeness (QED) is 0.739. The lowest BCUT2D eigenvalue weighted by atomic mass is 9.85. The van der Waals surface area contributed by atoms with Gasteiger partial charge in [-0.15, -0.1) is 0 Å². The second-order valence-electron chi connectivity index (χ2n) is 4.75. The summed E-state index contributed by atoms with van der Waals surface area (Å²) < 4.78 is 5.05. The predicted octanol–water partition coefficient (Wildman–Crippen LogP) is 1.11. The first-order chi connectivity index (χ1) is 6.49. The van der Waals surface area contributed by atoms with Crippen molar-refractivity contribution in [2.45, 2.75) is 38.3 Å². The Balaban J connectivity index is 2.49. The topological polar surface area (TPSA) is 32.7 Å². The van der Waals surface area contributed by atoms with E-state index < -0.39 is 5.60 Å². The van der Waals surface area contributed by atoms with Gasteiger partial charge in [0.05, 0.1) is 5.60 Å². The zero-order valence-corrected chi connectivity index (χ0v) is 9.79. The molecule has 0 radical (unpaired) electrons. The highest BCUT2D eigenvalue weighted by Crippen LogP contribution is 2.33. The van der Waals surface area contributed by atoms with Crippen molar-refractivity contribution in [2.75, 3.05) is 27.3 Å². The molecule has 84 valence electrons. The van der Waals surface area contributed by atoms with E-state index in [-0.39, 0.29) is 0 Å². The van der Waals surface area contributed by atoms with Crippen LogP contribution in [0.1, 0.15) is 26.7 Å². The number of likely N-dealkylation sites (tertiary alicyclic amines) is 1. The third-order valence-corrected chi connectivity index (χ3v) is 3.60. The maximum absolute atomic E-state index is 10.4. The second-order valence-corrected chi connectivity index (χ2v) is 4.75. The Morgan fingerprint density at radius 1 is 1.64 bits per heavy atom. The molecular formula is C11H23NO2. The Kier molecular flexibility index (Phi) is 3.93. The van der Waals surface area contributed by atoms with Crippen molar-refractivity contribution in [3.8, 4) is 0 Å². The molecule has 0 saturated carbocycles. The fraction of sp³-hybridized carbons (Fsp3) is 1.00. The van der Waals surface area contributed by atoms with Crippen LogP contribution in [0, 0.1) is 5.92 Å². The number of hydrogen-bond acceptors (Lipinski definition) is 3. The van der Waals surface area contributed by atoms with Crippen LogP contribution in [0.25, 0.3) is 0 Å². The molecule has 1 heterocycles. The van der Waals surface area contributed by atoms with Crippen molar-refractivity contribution >= 4 is 0 Å². The number of aliphatic hydroxyl groups is 1. The van der Waals surface area contributed by atoms with Crippen molar-refractivity contribution in [3.63, 3.8) is 0 Å². The van der Waals surface area contributed by atoms with Crippen molar-refractivity contribution in [3.05, 3.63) is 0 Å². The number of β-amino-alcohol motifs (C(OH)–C–C–N with tert-alkyl or cyclic N) is 1. The molecule has 0 aromatic carbocycles. The monoisotopic (exact) mass is 201 g/mol. The van der Waals surface area contributed by atoms with Crippen LogP contribution >= 0.6 is 0 Å². The normalized spacial score (nSPS) is 36.2. The van der Waals surface area contributed by atoms with Gasteiger partial charge in [-0.25, -0.2) is 0 Å². The van der Waals surface area contributed by atoms with E-state index in [4.69, 9.17) is 4.74 Å². The third-order valence-electron chi connectivity index (χ3n) is 3.60. The highest BCUT2D eigenvalue weighted by molar-refractivity contribution is 4.96. The first-order valence-corrected chi connectivity index (χ1v) is 5.41. The van der Waals surface area contributed by atoms with Gasteiger partial charge in [-0.2, -0.15) is 0 Å². The summed E-state index contributed by atoms with van der Waals surface area (Å²) in [5.41, 5.74) is -0.507. The van der Waals surface area contributed by atoms with Gasteiger partial charge in [0.15, 0.2) is 0 Å². The van der Waals surface area contributed by atoms with Gasteiger partial charge in [-0.3, -0.25) is 0 Å². The highest BCUT2D eigenvalue weighted by Gasteiger charge is 2.42. The van der Waals surface area contributed by atoms with Crippen LogP contribution in [0.4, 0.5) is 0 Å². The average Bonchev–Trinajstić information content (AvgIpc) is 2.38. The van der Waals surface area contributed by atoms with Crippen LogP contribution in [-0.4, -0.2) is 49.0 Å². The minimum Gasteiger partial charge on any atom is -0.388 e. The maximum Gasteiger partial charge on any atom is 0.0815 e. The molecule has 1 saturated heterocycles. The Bertz CT molecular complexity index is 174. The second kappa shape index (κ2) is 4.60. The molecule has 3 atom stereocenters. The number of ether oxygens (including phenoxy) is 1. The number of likely N-dealkylation sites (N-methyl/N-ethyl adjacent to an activating group) is 1. The van der Waals surface area contributed by atoms with Crippen LogP contribution in [0.5, 0.6) is 0 Å². The van der Waals surface area contributed by atoms with E-state index in [1.165, 1.54) is 0 Å². The molecule has 3 heteroatoms. The van der Waals surface area contributed by atoms with Crippen molar-refractivity contribution in [1.29, 1.82) is 0 Å². The Hall–Kier alpha value is -0.120. The Morgan fingerprint density at radius 3 is 2.71 bits per heavy atom. The molecule has 1 aliphatic heterocycles. The summed E-state index contributed by atoms with van der Waals surface area (Å²) in [6.45, 7) is 5.81. The molecule has 0 bridgehead atoms. The summed E-state index contributed by atoms with van der Waals surface area (Å²) in [4.78, 5) is 2.23. The molecule has 1 fully saturated rings. The van der Waals surface area contributed by atoms with Crippen molar-refractivity contribution in [1.82, 2.24) is 4.90 Å². The van der Waals surface area contributed by atoms with E-state index in [9.17, 15) is 5.11 Å². The minimum absolute atomic E-state index is 0.315. The van der Waals surface area contributed by atoms with Crippen LogP contribution in [0.3, 0.4) is 0 Å². The molecular weight excluding hydrogens is 178 g/mol. The van der Waals surface area contributed by atoms with Crippen molar-refractivity contribution < 1.29 is 9.84 Å². The third kappa shape index (κ3) is 2.47. The zero-order valence-electron chi connectivity index (χ0n) is 9.79. The molecule has 3 unspecified atom stereocenters. The molecule has 1 aliphatic rings. The van der Waals surface area contributed by atoms with Gasteiger partial charge in [-0.1, -0.05) is 6.92 Å². The van der Waals surface area contributed by atoms with E-state index in [1.54, 1.807) is 7.11 Å². The number of nitrogens with zero attached hydrogens (tertiary/aromatic N) is 1. The molecule has 0 aliphatic carbocycles. The fourth-order valence-corrected chi connectivity index (χ4v) is 2.24. The number of hydrogen-bond donors (Lipinski definition) is 1. The van der Waals surface area contributed by atoms with Gasteiger partial charge in [-0.05, 0) is 32.7 Å². The summed E-state index contributed by atoms with van der Waals surface area (Å²) >= 11 is 0. The molecule has 1 N–H and O–H groups in total. The van der Waals surface area contributed by atoms with Gasteiger partial charge >= 0.3 is 0 Å². The number of methoxy groups -OCH3 is 1. The highest BCUT2D eigenvalue weighted by atomic mass is 16.5. The smallest absolute Gasteiger partial charge is 0.0815 e. The van der Waals surface area contributed by atoms with E-state index >= 15 is 0 Å². The van der Waals surface area contributed by atoms with Gasteiger partial charge in [0, 0.05) is 26.3 Å². The van der Waals surface area contributed by atoms with E-state index in [0.29, 0.717) is 12.0 Å². The zero-order chi connectivity index (χ0) is 10.8. The molecule has 0 aromatic rings. The van der Waals surface area contributed by atoms with Crippen LogP contribution in [0.2, 0.25) is 0 Å². The van der Waals surface area contributed by atoms with E-state index in [2.05, 4.69) is 25.8 Å². The van der Waals surface area contributed by atoms with Gasteiger partial charge in [0.1, 0.15) is 0 Å². The van der Waals surface area contributed by atoms with Crippen LogP contribution in [0.15, 0.2) is 0 Å². The van der Waals surface area contributed by atoms with Crippen molar-refractivity contribution in [2.24, 2.45) is 5.92 Å². The Labute approximate surface area is 87.1 Å². The first kappa shape index (κ1) is 12.0. The minimum atomic E-state index is -0.507. The molecule has 0 amide bonds. The Morgan fingerprint density at radius 2 is 2.29 bits per heavy atom. The fourth-order valence-electron chi connectivity index (χ4n) is 2.24. The predicted molar refractivity (Wildman–Crippen MR) is 57.3 cm³/mol. The lowest BCUT2D eigenvalue weighted by Crippen LogP contribution is -2.39.